The molecule has 2 rings (SSSR count). The molecule has 3 atom stereocenters. The van der Waals surface area contributed by atoms with Crippen molar-refractivity contribution in [3.63, 3.8) is 0 Å². The Kier molecular flexibility index (Phi) is 6.69. The SMILES string of the molecule is CCC1CCC(CNCC(C)C)C(Cc2cccnc2)C1. The van der Waals surface area contributed by atoms with Gasteiger partial charge in [-0.05, 0) is 67.7 Å². The summed E-state index contributed by atoms with van der Waals surface area (Å²) in [5, 5.41) is 3.69. The average molecular weight is 288 g/mol. The molecule has 0 aliphatic heterocycles. The largest absolute Gasteiger partial charge is 0.316 e. The van der Waals surface area contributed by atoms with Crippen molar-refractivity contribution in [1.29, 1.82) is 0 Å². The zero-order chi connectivity index (χ0) is 15.1. The van der Waals surface area contributed by atoms with E-state index in [1.54, 1.807) is 0 Å². The van der Waals surface area contributed by atoms with Crippen LogP contribution < -0.4 is 5.32 Å². The average Bonchev–Trinajstić information content (AvgIpc) is 2.49. The van der Waals surface area contributed by atoms with Gasteiger partial charge in [0.1, 0.15) is 0 Å². The van der Waals surface area contributed by atoms with Crippen molar-refractivity contribution in [1.82, 2.24) is 10.3 Å². The number of nitrogens with zero attached hydrogens (tertiary/aromatic N) is 1. The Morgan fingerprint density at radius 1 is 1.29 bits per heavy atom. The third-order valence-corrected chi connectivity index (χ3v) is 5.01. The number of rotatable bonds is 7. The molecule has 0 spiro atoms. The van der Waals surface area contributed by atoms with Crippen molar-refractivity contribution in [3.05, 3.63) is 30.1 Å². The molecular weight excluding hydrogens is 256 g/mol. The molecule has 0 bridgehead atoms. The van der Waals surface area contributed by atoms with E-state index in [0.29, 0.717) is 0 Å². The van der Waals surface area contributed by atoms with Gasteiger partial charge in [0.2, 0.25) is 0 Å². The van der Waals surface area contributed by atoms with Crippen molar-refractivity contribution in [3.8, 4) is 0 Å². The lowest BCUT2D eigenvalue weighted by Crippen LogP contribution is -2.35. The van der Waals surface area contributed by atoms with E-state index in [1.807, 2.05) is 12.4 Å². The Labute approximate surface area is 130 Å². The van der Waals surface area contributed by atoms with Gasteiger partial charge in [-0.3, -0.25) is 4.98 Å². The van der Waals surface area contributed by atoms with E-state index in [4.69, 9.17) is 0 Å². The van der Waals surface area contributed by atoms with E-state index in [2.05, 4.69) is 43.2 Å². The monoisotopic (exact) mass is 288 g/mol. The fourth-order valence-electron chi connectivity index (χ4n) is 3.69. The highest BCUT2D eigenvalue weighted by molar-refractivity contribution is 5.10. The fraction of sp³-hybridized carbons (Fsp3) is 0.737. The first kappa shape index (κ1) is 16.5. The second kappa shape index (κ2) is 8.53. The molecule has 2 nitrogen and oxygen atoms in total. The van der Waals surface area contributed by atoms with Crippen LogP contribution in [0.2, 0.25) is 0 Å². The highest BCUT2D eigenvalue weighted by Gasteiger charge is 2.29. The lowest BCUT2D eigenvalue weighted by atomic mass is 9.71. The number of pyridine rings is 1. The molecule has 0 radical (unpaired) electrons. The molecule has 1 N–H and O–H groups in total. The molecule has 118 valence electrons. The van der Waals surface area contributed by atoms with Crippen LogP contribution in [0.5, 0.6) is 0 Å². The normalized spacial score (nSPS) is 26.2. The molecule has 0 aromatic carbocycles. The van der Waals surface area contributed by atoms with E-state index in [9.17, 15) is 0 Å². The van der Waals surface area contributed by atoms with Crippen LogP contribution in [0.15, 0.2) is 24.5 Å². The minimum absolute atomic E-state index is 0.744. The third-order valence-electron chi connectivity index (χ3n) is 5.01. The first-order valence-corrected chi connectivity index (χ1v) is 8.78. The van der Waals surface area contributed by atoms with Crippen LogP contribution in [-0.4, -0.2) is 18.1 Å². The molecule has 21 heavy (non-hydrogen) atoms. The summed E-state index contributed by atoms with van der Waals surface area (Å²) in [5.74, 6) is 3.35. The fourth-order valence-corrected chi connectivity index (χ4v) is 3.69. The summed E-state index contributed by atoms with van der Waals surface area (Å²) >= 11 is 0. The molecule has 1 aromatic heterocycles. The van der Waals surface area contributed by atoms with Crippen LogP contribution in [0.4, 0.5) is 0 Å². The van der Waals surface area contributed by atoms with Gasteiger partial charge in [-0.15, -0.1) is 0 Å². The molecule has 1 aromatic rings. The van der Waals surface area contributed by atoms with Gasteiger partial charge in [0.25, 0.3) is 0 Å². The lowest BCUT2D eigenvalue weighted by Gasteiger charge is -2.36. The molecule has 1 heterocycles. The van der Waals surface area contributed by atoms with Gasteiger partial charge in [-0.25, -0.2) is 0 Å². The predicted molar refractivity (Wildman–Crippen MR) is 90.3 cm³/mol. The Hall–Kier alpha value is -0.890. The second-order valence-corrected chi connectivity index (χ2v) is 7.22. The van der Waals surface area contributed by atoms with Crippen LogP contribution in [0.1, 0.15) is 52.0 Å². The number of hydrogen-bond acceptors (Lipinski definition) is 2. The number of hydrogen-bond donors (Lipinski definition) is 1. The summed E-state index contributed by atoms with van der Waals surface area (Å²) in [6.07, 6.45) is 10.7. The maximum Gasteiger partial charge on any atom is 0.0299 e. The maximum absolute atomic E-state index is 4.28. The Balaban J connectivity index is 1.93. The first-order valence-electron chi connectivity index (χ1n) is 8.78. The Morgan fingerprint density at radius 3 is 2.81 bits per heavy atom. The standard InChI is InChI=1S/C19H32N2/c1-4-16-7-8-18(14-21-12-15(2)3)19(10-16)11-17-6-5-9-20-13-17/h5-6,9,13,15-16,18-19,21H,4,7-8,10-12,14H2,1-3H3. The van der Waals surface area contributed by atoms with Crippen LogP contribution in [-0.2, 0) is 6.42 Å². The smallest absolute Gasteiger partial charge is 0.0299 e. The van der Waals surface area contributed by atoms with E-state index in [0.717, 1.165) is 30.2 Å². The molecule has 3 unspecified atom stereocenters. The van der Waals surface area contributed by atoms with E-state index in [-0.39, 0.29) is 0 Å². The maximum atomic E-state index is 4.28. The summed E-state index contributed by atoms with van der Waals surface area (Å²) in [6, 6.07) is 4.31. The van der Waals surface area contributed by atoms with Crippen LogP contribution in [0.25, 0.3) is 0 Å². The van der Waals surface area contributed by atoms with E-state index < -0.39 is 0 Å². The zero-order valence-corrected chi connectivity index (χ0v) is 14.0. The molecule has 1 fully saturated rings. The molecule has 1 saturated carbocycles. The van der Waals surface area contributed by atoms with Gasteiger partial charge < -0.3 is 5.32 Å². The number of nitrogens with one attached hydrogen (secondary N) is 1. The minimum Gasteiger partial charge on any atom is -0.316 e. The van der Waals surface area contributed by atoms with Gasteiger partial charge in [0, 0.05) is 12.4 Å². The Morgan fingerprint density at radius 2 is 2.14 bits per heavy atom. The molecular formula is C19H32N2. The summed E-state index contributed by atoms with van der Waals surface area (Å²) in [6.45, 7) is 9.26. The lowest BCUT2D eigenvalue weighted by molar-refractivity contribution is 0.170. The summed E-state index contributed by atoms with van der Waals surface area (Å²) in [7, 11) is 0. The van der Waals surface area contributed by atoms with Gasteiger partial charge in [0.05, 0.1) is 0 Å². The second-order valence-electron chi connectivity index (χ2n) is 7.22. The van der Waals surface area contributed by atoms with Gasteiger partial charge in [-0.2, -0.15) is 0 Å². The van der Waals surface area contributed by atoms with E-state index in [1.165, 1.54) is 44.2 Å². The van der Waals surface area contributed by atoms with Crippen molar-refractivity contribution in [2.75, 3.05) is 13.1 Å². The summed E-state index contributed by atoms with van der Waals surface area (Å²) < 4.78 is 0. The van der Waals surface area contributed by atoms with E-state index >= 15 is 0 Å². The topological polar surface area (TPSA) is 24.9 Å². The number of aromatic nitrogens is 1. The molecule has 2 heteroatoms. The predicted octanol–water partition coefficient (Wildman–Crippen LogP) is 4.31. The highest BCUT2D eigenvalue weighted by Crippen LogP contribution is 2.37. The first-order chi connectivity index (χ1) is 10.2. The zero-order valence-electron chi connectivity index (χ0n) is 14.0. The quantitative estimate of drug-likeness (QED) is 0.808. The van der Waals surface area contributed by atoms with Gasteiger partial charge in [-0.1, -0.05) is 39.7 Å². The van der Waals surface area contributed by atoms with Crippen LogP contribution in [0.3, 0.4) is 0 Å². The van der Waals surface area contributed by atoms with Crippen molar-refractivity contribution >= 4 is 0 Å². The minimum atomic E-state index is 0.744. The van der Waals surface area contributed by atoms with Crippen molar-refractivity contribution in [2.45, 2.75) is 52.9 Å². The summed E-state index contributed by atoms with van der Waals surface area (Å²) in [4.78, 5) is 4.28. The highest BCUT2D eigenvalue weighted by atomic mass is 14.9. The molecule has 1 aliphatic rings. The third kappa shape index (κ3) is 5.43. The molecule has 0 saturated heterocycles. The van der Waals surface area contributed by atoms with Crippen LogP contribution in [0, 0.1) is 23.7 Å². The summed E-state index contributed by atoms with van der Waals surface area (Å²) in [5.41, 5.74) is 1.41. The van der Waals surface area contributed by atoms with Crippen molar-refractivity contribution in [2.24, 2.45) is 23.7 Å². The van der Waals surface area contributed by atoms with Crippen LogP contribution >= 0.6 is 0 Å². The van der Waals surface area contributed by atoms with Gasteiger partial charge >= 0.3 is 0 Å². The molecule has 0 amide bonds. The molecule has 1 aliphatic carbocycles. The van der Waals surface area contributed by atoms with Crippen molar-refractivity contribution < 1.29 is 0 Å². The Bertz CT molecular complexity index is 388. The van der Waals surface area contributed by atoms with Gasteiger partial charge in [0.15, 0.2) is 0 Å².